The number of halogens is 3. The topological polar surface area (TPSA) is 56.6 Å². The average Bonchev–Trinajstić information content (AvgIpc) is 2.02. The number of pyridine rings is 1. The zero-order valence-corrected chi connectivity index (χ0v) is 6.90. The van der Waals surface area contributed by atoms with Gasteiger partial charge < -0.3 is 4.98 Å². The summed E-state index contributed by atoms with van der Waals surface area (Å²) in [6.07, 6.45) is -2.88. The van der Waals surface area contributed by atoms with Crippen LogP contribution in [0, 0.1) is 11.3 Å². The van der Waals surface area contributed by atoms with Crippen LogP contribution in [0.4, 0.5) is 8.78 Å². The van der Waals surface area contributed by atoms with Gasteiger partial charge in [-0.05, 0) is 6.07 Å². The first-order chi connectivity index (χ1) is 6.06. The molecule has 0 radical (unpaired) electrons. The van der Waals surface area contributed by atoms with Crippen LogP contribution in [0.25, 0.3) is 0 Å². The van der Waals surface area contributed by atoms with Crippen LogP contribution in [-0.2, 0) is 0 Å². The van der Waals surface area contributed by atoms with Gasteiger partial charge in [-0.3, -0.25) is 4.79 Å². The predicted molar refractivity (Wildman–Crippen MR) is 41.7 cm³/mol. The molecule has 1 aromatic heterocycles. The Hall–Kier alpha value is -1.41. The molecule has 0 aromatic carbocycles. The molecule has 0 saturated carbocycles. The fourth-order valence-corrected chi connectivity index (χ4v) is 1.04. The van der Waals surface area contributed by atoms with Crippen LogP contribution < -0.4 is 5.56 Å². The molecule has 0 spiro atoms. The van der Waals surface area contributed by atoms with E-state index in [1.807, 2.05) is 4.98 Å². The molecule has 1 heterocycles. The zero-order chi connectivity index (χ0) is 10.0. The van der Waals surface area contributed by atoms with Crippen molar-refractivity contribution in [2.45, 2.75) is 6.43 Å². The Morgan fingerprint density at radius 2 is 2.23 bits per heavy atom. The van der Waals surface area contributed by atoms with E-state index in [2.05, 4.69) is 0 Å². The highest BCUT2D eigenvalue weighted by Crippen LogP contribution is 2.21. The second-order valence-electron chi connectivity index (χ2n) is 2.19. The second-order valence-corrected chi connectivity index (χ2v) is 2.60. The van der Waals surface area contributed by atoms with Gasteiger partial charge in [-0.1, -0.05) is 11.6 Å². The molecule has 0 bridgehead atoms. The third-order valence-corrected chi connectivity index (χ3v) is 1.58. The van der Waals surface area contributed by atoms with Crippen LogP contribution in [0.1, 0.15) is 17.6 Å². The van der Waals surface area contributed by atoms with Crippen molar-refractivity contribution in [2.24, 2.45) is 0 Å². The predicted octanol–water partition coefficient (Wildman–Crippen LogP) is 1.84. The summed E-state index contributed by atoms with van der Waals surface area (Å²) in [6, 6.07) is 2.26. The number of aromatic amines is 1. The molecule has 0 amide bonds. The van der Waals surface area contributed by atoms with Gasteiger partial charge in [0.2, 0.25) is 0 Å². The highest BCUT2D eigenvalue weighted by atomic mass is 35.5. The SMILES string of the molecule is N#Cc1c(C(F)F)cc(Cl)[nH]c1=O. The maximum atomic E-state index is 12.2. The first-order valence-corrected chi connectivity index (χ1v) is 3.55. The van der Waals surface area contributed by atoms with Gasteiger partial charge in [0.1, 0.15) is 16.8 Å². The largest absolute Gasteiger partial charge is 0.312 e. The Balaban J connectivity index is 3.50. The molecule has 0 saturated heterocycles. The van der Waals surface area contributed by atoms with Gasteiger partial charge in [0.15, 0.2) is 0 Å². The molecule has 0 aliphatic carbocycles. The second kappa shape index (κ2) is 3.54. The van der Waals surface area contributed by atoms with Gasteiger partial charge in [0, 0.05) is 5.56 Å². The Bertz CT molecular complexity index is 421. The van der Waals surface area contributed by atoms with E-state index < -0.39 is 23.1 Å². The summed E-state index contributed by atoms with van der Waals surface area (Å²) < 4.78 is 24.4. The number of hydrogen-bond acceptors (Lipinski definition) is 2. The van der Waals surface area contributed by atoms with Crippen LogP contribution in [0.2, 0.25) is 5.15 Å². The molecule has 3 nitrogen and oxygen atoms in total. The van der Waals surface area contributed by atoms with Gasteiger partial charge in [-0.15, -0.1) is 0 Å². The lowest BCUT2D eigenvalue weighted by Crippen LogP contribution is -2.13. The van der Waals surface area contributed by atoms with E-state index in [-0.39, 0.29) is 5.15 Å². The van der Waals surface area contributed by atoms with Crippen LogP contribution in [-0.4, -0.2) is 4.98 Å². The van der Waals surface area contributed by atoms with E-state index in [4.69, 9.17) is 16.9 Å². The molecular formula is C7H3ClF2N2O. The third-order valence-electron chi connectivity index (χ3n) is 1.38. The molecule has 0 fully saturated rings. The van der Waals surface area contributed by atoms with Gasteiger partial charge >= 0.3 is 0 Å². The first-order valence-electron chi connectivity index (χ1n) is 3.17. The van der Waals surface area contributed by atoms with Crippen LogP contribution in [0.3, 0.4) is 0 Å². The molecule has 1 N–H and O–H groups in total. The maximum Gasteiger partial charge on any atom is 0.267 e. The molecular weight excluding hydrogens is 202 g/mol. The Kier molecular flexibility index (Phi) is 2.63. The van der Waals surface area contributed by atoms with E-state index in [0.717, 1.165) is 6.07 Å². The number of nitrogens with zero attached hydrogens (tertiary/aromatic N) is 1. The van der Waals surface area contributed by atoms with Crippen molar-refractivity contribution < 1.29 is 8.78 Å². The zero-order valence-electron chi connectivity index (χ0n) is 6.14. The number of alkyl halides is 2. The molecule has 0 atom stereocenters. The number of nitriles is 1. The van der Waals surface area contributed by atoms with Crippen LogP contribution in [0.5, 0.6) is 0 Å². The highest BCUT2D eigenvalue weighted by Gasteiger charge is 2.16. The van der Waals surface area contributed by atoms with Crippen molar-refractivity contribution >= 4 is 11.6 Å². The standard InChI is InChI=1S/C7H3ClF2N2O/c8-5-1-3(6(9)10)4(2-11)7(13)12-5/h1,6H,(H,12,13). The van der Waals surface area contributed by atoms with Crippen molar-refractivity contribution in [2.75, 3.05) is 0 Å². The van der Waals surface area contributed by atoms with E-state index >= 15 is 0 Å². The van der Waals surface area contributed by atoms with Crippen LogP contribution >= 0.6 is 11.6 Å². The number of nitrogens with one attached hydrogen (secondary N) is 1. The maximum absolute atomic E-state index is 12.2. The summed E-state index contributed by atoms with van der Waals surface area (Å²) in [6.45, 7) is 0. The van der Waals surface area contributed by atoms with Gasteiger partial charge in [0.05, 0.1) is 0 Å². The van der Waals surface area contributed by atoms with E-state index in [0.29, 0.717) is 0 Å². The summed E-state index contributed by atoms with van der Waals surface area (Å²) in [7, 11) is 0. The molecule has 13 heavy (non-hydrogen) atoms. The Morgan fingerprint density at radius 1 is 1.62 bits per heavy atom. The Labute approximate surface area is 76.6 Å². The van der Waals surface area contributed by atoms with Crippen molar-refractivity contribution in [1.82, 2.24) is 4.98 Å². The van der Waals surface area contributed by atoms with Gasteiger partial charge in [-0.25, -0.2) is 8.78 Å². The average molecular weight is 205 g/mol. The smallest absolute Gasteiger partial charge is 0.267 e. The number of hydrogen-bond donors (Lipinski definition) is 1. The lowest BCUT2D eigenvalue weighted by molar-refractivity contribution is 0.151. The number of H-pyrrole nitrogens is 1. The lowest BCUT2D eigenvalue weighted by atomic mass is 10.1. The molecule has 6 heteroatoms. The number of aromatic nitrogens is 1. The highest BCUT2D eigenvalue weighted by molar-refractivity contribution is 6.29. The Morgan fingerprint density at radius 3 is 2.69 bits per heavy atom. The van der Waals surface area contributed by atoms with E-state index in [1.165, 1.54) is 6.07 Å². The summed E-state index contributed by atoms with van der Waals surface area (Å²) in [4.78, 5) is 12.9. The summed E-state index contributed by atoms with van der Waals surface area (Å²) in [5.74, 6) is 0. The summed E-state index contributed by atoms with van der Waals surface area (Å²) >= 11 is 5.32. The fourth-order valence-electron chi connectivity index (χ4n) is 0.834. The molecule has 1 rings (SSSR count). The van der Waals surface area contributed by atoms with Crippen LogP contribution in [0.15, 0.2) is 10.9 Å². The molecule has 0 aliphatic rings. The first kappa shape index (κ1) is 9.68. The van der Waals surface area contributed by atoms with Crippen molar-refractivity contribution in [3.63, 3.8) is 0 Å². The van der Waals surface area contributed by atoms with Gasteiger partial charge in [0.25, 0.3) is 12.0 Å². The third kappa shape index (κ3) is 1.84. The molecule has 68 valence electrons. The minimum atomic E-state index is -2.88. The summed E-state index contributed by atoms with van der Waals surface area (Å²) in [5.41, 5.74) is -2.14. The number of rotatable bonds is 1. The lowest BCUT2D eigenvalue weighted by Gasteiger charge is -2.01. The quantitative estimate of drug-likeness (QED) is 0.710. The minimum Gasteiger partial charge on any atom is -0.312 e. The van der Waals surface area contributed by atoms with Crippen molar-refractivity contribution in [3.8, 4) is 6.07 Å². The molecule has 0 unspecified atom stereocenters. The summed E-state index contributed by atoms with van der Waals surface area (Å²) in [5, 5.41) is 8.18. The van der Waals surface area contributed by atoms with E-state index in [9.17, 15) is 13.6 Å². The fraction of sp³-hybridized carbons (Fsp3) is 0.143. The molecule has 0 aliphatic heterocycles. The van der Waals surface area contributed by atoms with Crippen molar-refractivity contribution in [1.29, 1.82) is 5.26 Å². The minimum absolute atomic E-state index is 0.209. The normalized spacial score (nSPS) is 10.1. The monoisotopic (exact) mass is 204 g/mol. The van der Waals surface area contributed by atoms with Crippen molar-refractivity contribution in [3.05, 3.63) is 32.7 Å². The molecule has 1 aromatic rings. The van der Waals surface area contributed by atoms with E-state index in [1.54, 1.807) is 0 Å². The van der Waals surface area contributed by atoms with Gasteiger partial charge in [-0.2, -0.15) is 5.26 Å².